The number of pyridine rings is 1. The predicted octanol–water partition coefficient (Wildman–Crippen LogP) is 0.222. The third-order valence-electron chi connectivity index (χ3n) is 4.86. The summed E-state index contributed by atoms with van der Waals surface area (Å²) >= 11 is 0. The molecule has 2 N–H and O–H groups in total. The van der Waals surface area contributed by atoms with Crippen molar-refractivity contribution in [2.24, 2.45) is 14.1 Å². The van der Waals surface area contributed by atoms with Gasteiger partial charge >= 0.3 is 5.69 Å². The molecule has 29 heavy (non-hydrogen) atoms. The molecule has 3 aromatic heterocycles. The number of rotatable bonds is 3. The van der Waals surface area contributed by atoms with Gasteiger partial charge in [0.15, 0.2) is 11.2 Å². The van der Waals surface area contributed by atoms with E-state index in [2.05, 4.69) is 15.3 Å². The lowest BCUT2D eigenvalue weighted by Gasteiger charge is -2.09. The highest BCUT2D eigenvalue weighted by Crippen LogP contribution is 2.19. The summed E-state index contributed by atoms with van der Waals surface area (Å²) in [7, 11) is 2.89. The number of carbonyl (C=O) groups excluding carboxylic acids is 1. The molecule has 0 unspecified atom stereocenters. The number of carbonyl (C=O) groups is 1. The minimum atomic E-state index is -0.521. The maximum absolute atomic E-state index is 12.5. The largest absolute Gasteiger partial charge is 0.332 e. The van der Waals surface area contributed by atoms with Crippen molar-refractivity contribution in [2.75, 3.05) is 5.32 Å². The molecule has 3 heterocycles. The molecule has 0 aliphatic carbocycles. The van der Waals surface area contributed by atoms with Crippen LogP contribution < -0.4 is 22.1 Å². The SMILES string of the molecule is Cc1cc(=O)[nH]c2cc(NC(=O)Cn3cnc4c3c(=O)n(C)c(=O)n4C)ccc12. The zero-order valence-electron chi connectivity index (χ0n) is 16.0. The smallest absolute Gasteiger partial charge is 0.324 e. The van der Waals surface area contributed by atoms with Crippen LogP contribution in [0.3, 0.4) is 0 Å². The minimum Gasteiger partial charge on any atom is -0.324 e. The highest BCUT2D eigenvalue weighted by Gasteiger charge is 2.16. The van der Waals surface area contributed by atoms with Crippen molar-refractivity contribution >= 4 is 33.7 Å². The third kappa shape index (κ3) is 3.04. The van der Waals surface area contributed by atoms with E-state index in [1.165, 1.54) is 35.6 Å². The van der Waals surface area contributed by atoms with Crippen molar-refractivity contribution in [1.29, 1.82) is 0 Å². The molecule has 0 spiro atoms. The second-order valence-electron chi connectivity index (χ2n) is 6.88. The first-order valence-corrected chi connectivity index (χ1v) is 8.80. The second kappa shape index (κ2) is 6.59. The Hall–Kier alpha value is -3.95. The molecule has 1 amide bonds. The molecule has 0 radical (unpaired) electrons. The summed E-state index contributed by atoms with van der Waals surface area (Å²) in [6, 6.07) is 6.74. The zero-order chi connectivity index (χ0) is 20.9. The van der Waals surface area contributed by atoms with E-state index in [-0.39, 0.29) is 29.2 Å². The monoisotopic (exact) mass is 394 g/mol. The Kier molecular flexibility index (Phi) is 4.18. The molecule has 4 rings (SSSR count). The molecule has 1 aromatic carbocycles. The van der Waals surface area contributed by atoms with E-state index in [1.54, 1.807) is 12.1 Å². The van der Waals surface area contributed by atoms with Crippen LogP contribution in [0, 0.1) is 6.92 Å². The van der Waals surface area contributed by atoms with Crippen molar-refractivity contribution in [3.8, 4) is 0 Å². The molecule has 0 bridgehead atoms. The fraction of sp³-hybridized carbons (Fsp3) is 0.211. The van der Waals surface area contributed by atoms with Gasteiger partial charge in [0, 0.05) is 31.2 Å². The Morgan fingerprint density at radius 2 is 1.90 bits per heavy atom. The van der Waals surface area contributed by atoms with Crippen LogP contribution in [0.2, 0.25) is 0 Å². The van der Waals surface area contributed by atoms with Gasteiger partial charge in [-0.05, 0) is 24.6 Å². The number of aromatic amines is 1. The number of aryl methyl sites for hydroxylation is 2. The highest BCUT2D eigenvalue weighted by molar-refractivity contribution is 5.94. The molecule has 0 fully saturated rings. The number of nitrogens with zero attached hydrogens (tertiary/aromatic N) is 4. The van der Waals surface area contributed by atoms with E-state index >= 15 is 0 Å². The van der Waals surface area contributed by atoms with Crippen LogP contribution in [0.5, 0.6) is 0 Å². The molecular formula is C19H18N6O4. The first kappa shape index (κ1) is 18.4. The number of hydrogen-bond donors (Lipinski definition) is 2. The van der Waals surface area contributed by atoms with Gasteiger partial charge in [0.05, 0.1) is 11.8 Å². The van der Waals surface area contributed by atoms with E-state index < -0.39 is 11.2 Å². The first-order valence-electron chi connectivity index (χ1n) is 8.80. The van der Waals surface area contributed by atoms with Gasteiger partial charge in [0.1, 0.15) is 6.54 Å². The molecule has 4 aromatic rings. The molecule has 0 aliphatic heterocycles. The van der Waals surface area contributed by atoms with Crippen molar-refractivity contribution in [3.05, 3.63) is 67.3 Å². The summed E-state index contributed by atoms with van der Waals surface area (Å²) in [5.41, 5.74) is 1.12. The fourth-order valence-electron chi connectivity index (χ4n) is 3.38. The molecule has 0 atom stereocenters. The average Bonchev–Trinajstić information content (AvgIpc) is 3.07. The van der Waals surface area contributed by atoms with Gasteiger partial charge < -0.3 is 14.9 Å². The second-order valence-corrected chi connectivity index (χ2v) is 6.88. The standard InChI is InChI=1S/C19H18N6O4/c1-10-6-14(26)22-13-7-11(4-5-12(10)13)21-15(27)8-25-9-20-17-16(25)18(28)24(3)19(29)23(17)2/h4-7,9H,8H2,1-3H3,(H,21,27)(H,22,26). The van der Waals surface area contributed by atoms with E-state index in [0.717, 1.165) is 15.5 Å². The fourth-order valence-corrected chi connectivity index (χ4v) is 3.38. The number of nitrogens with one attached hydrogen (secondary N) is 2. The summed E-state index contributed by atoms with van der Waals surface area (Å²) in [6.07, 6.45) is 1.35. The highest BCUT2D eigenvalue weighted by atomic mass is 16.2. The van der Waals surface area contributed by atoms with E-state index in [9.17, 15) is 19.2 Å². The van der Waals surface area contributed by atoms with Crippen LogP contribution in [0.4, 0.5) is 5.69 Å². The van der Waals surface area contributed by atoms with Gasteiger partial charge in [0.2, 0.25) is 11.5 Å². The Balaban J connectivity index is 1.66. The van der Waals surface area contributed by atoms with Crippen LogP contribution in [0.25, 0.3) is 22.1 Å². The first-order chi connectivity index (χ1) is 13.8. The van der Waals surface area contributed by atoms with Crippen molar-refractivity contribution in [2.45, 2.75) is 13.5 Å². The van der Waals surface area contributed by atoms with E-state index in [4.69, 9.17) is 0 Å². The van der Waals surface area contributed by atoms with Gasteiger partial charge in [-0.3, -0.25) is 23.5 Å². The number of H-pyrrole nitrogens is 1. The number of hydrogen-bond acceptors (Lipinski definition) is 5. The summed E-state index contributed by atoms with van der Waals surface area (Å²) in [5, 5.41) is 3.63. The lowest BCUT2D eigenvalue weighted by Crippen LogP contribution is -2.37. The zero-order valence-corrected chi connectivity index (χ0v) is 16.0. The molecule has 10 heteroatoms. The Morgan fingerprint density at radius 1 is 1.14 bits per heavy atom. The summed E-state index contributed by atoms with van der Waals surface area (Å²) in [5.74, 6) is -0.380. The number of imidazole rings is 1. The molecule has 10 nitrogen and oxygen atoms in total. The van der Waals surface area contributed by atoms with Crippen LogP contribution >= 0.6 is 0 Å². The normalized spacial score (nSPS) is 11.3. The van der Waals surface area contributed by atoms with Crippen LogP contribution in [0.15, 0.2) is 45.0 Å². The molecule has 0 saturated carbocycles. The number of fused-ring (bicyclic) bond motifs is 2. The van der Waals surface area contributed by atoms with Gasteiger partial charge in [-0.15, -0.1) is 0 Å². The predicted molar refractivity (Wildman–Crippen MR) is 108 cm³/mol. The Labute approximate surface area is 163 Å². The van der Waals surface area contributed by atoms with Gasteiger partial charge in [-0.25, -0.2) is 9.78 Å². The lowest BCUT2D eigenvalue weighted by molar-refractivity contribution is -0.116. The van der Waals surface area contributed by atoms with Gasteiger partial charge in [-0.1, -0.05) is 6.07 Å². The molecule has 148 valence electrons. The van der Waals surface area contributed by atoms with Crippen LogP contribution in [-0.2, 0) is 25.4 Å². The van der Waals surface area contributed by atoms with Crippen molar-refractivity contribution in [3.63, 3.8) is 0 Å². The number of benzene rings is 1. The summed E-state index contributed by atoms with van der Waals surface area (Å²) < 4.78 is 3.63. The summed E-state index contributed by atoms with van der Waals surface area (Å²) in [6.45, 7) is 1.68. The Morgan fingerprint density at radius 3 is 2.66 bits per heavy atom. The summed E-state index contributed by atoms with van der Waals surface area (Å²) in [4.78, 5) is 55.5. The van der Waals surface area contributed by atoms with Crippen LogP contribution in [0.1, 0.15) is 5.56 Å². The third-order valence-corrected chi connectivity index (χ3v) is 4.86. The number of anilines is 1. The lowest BCUT2D eigenvalue weighted by atomic mass is 10.1. The molecule has 0 saturated heterocycles. The number of aromatic nitrogens is 5. The van der Waals surface area contributed by atoms with Gasteiger partial charge in [0.25, 0.3) is 5.56 Å². The van der Waals surface area contributed by atoms with Crippen molar-refractivity contribution in [1.82, 2.24) is 23.7 Å². The molecular weight excluding hydrogens is 376 g/mol. The maximum atomic E-state index is 12.5. The topological polar surface area (TPSA) is 124 Å². The molecule has 0 aliphatic rings. The van der Waals surface area contributed by atoms with Gasteiger partial charge in [-0.2, -0.15) is 0 Å². The van der Waals surface area contributed by atoms with E-state index in [0.29, 0.717) is 11.2 Å². The maximum Gasteiger partial charge on any atom is 0.332 e. The Bertz CT molecular complexity index is 1470. The van der Waals surface area contributed by atoms with Crippen LogP contribution in [-0.4, -0.2) is 29.6 Å². The van der Waals surface area contributed by atoms with Crippen molar-refractivity contribution < 1.29 is 4.79 Å². The minimum absolute atomic E-state index is 0.160. The number of amides is 1. The van der Waals surface area contributed by atoms with E-state index in [1.807, 2.05) is 13.0 Å². The average molecular weight is 394 g/mol. The quantitative estimate of drug-likeness (QED) is 0.515.